The van der Waals surface area contributed by atoms with Gasteiger partial charge in [-0.2, -0.15) is 0 Å². The Morgan fingerprint density at radius 1 is 1.20 bits per heavy atom. The van der Waals surface area contributed by atoms with Crippen molar-refractivity contribution in [2.24, 2.45) is 0 Å². The molecule has 0 aromatic carbocycles. The molecule has 15 heavy (non-hydrogen) atoms. The van der Waals surface area contributed by atoms with Crippen LogP contribution in [0.5, 0.6) is 0 Å². The molecule has 0 bridgehead atoms. The zero-order valence-electron chi connectivity index (χ0n) is 10.3. The van der Waals surface area contributed by atoms with Gasteiger partial charge < -0.3 is 4.48 Å². The van der Waals surface area contributed by atoms with E-state index in [0.717, 1.165) is 0 Å². The van der Waals surface area contributed by atoms with Crippen LogP contribution in [0.4, 0.5) is 0 Å². The van der Waals surface area contributed by atoms with E-state index in [2.05, 4.69) is 14.0 Å². The fourth-order valence-electron chi connectivity index (χ4n) is 1.91. The topological polar surface area (TPSA) is 47.6 Å². The number of rotatable bonds is 3. The monoisotopic (exact) mass is 207 g/mol. The number of hydrogen-bond donors (Lipinski definition) is 0. The van der Waals surface area contributed by atoms with Gasteiger partial charge in [-0.15, -0.1) is 11.9 Å². The van der Waals surface area contributed by atoms with Gasteiger partial charge in [-0.25, -0.2) is 10.5 Å². The molecule has 0 amide bonds. The smallest absolute Gasteiger partial charge is 0.179 e. The zero-order chi connectivity index (χ0) is 11.6. The molecule has 1 heterocycles. The fraction of sp³-hybridized carbons (Fsp3) is 0.818. The summed E-state index contributed by atoms with van der Waals surface area (Å²) in [6.45, 7) is 6.55. The van der Waals surface area contributed by atoms with Crippen molar-refractivity contribution in [2.45, 2.75) is 32.6 Å². The second-order valence-electron chi connectivity index (χ2n) is 4.55. The van der Waals surface area contributed by atoms with Crippen molar-refractivity contribution in [3.05, 3.63) is 0 Å². The third-order valence-electron chi connectivity index (χ3n) is 2.92. The highest BCUT2D eigenvalue weighted by Crippen LogP contribution is 2.16. The van der Waals surface area contributed by atoms with E-state index in [1.165, 1.54) is 49.8 Å². The average Bonchev–Trinajstić information content (AvgIpc) is 2.65. The van der Waals surface area contributed by atoms with Crippen LogP contribution in [-0.4, -0.2) is 38.4 Å². The lowest BCUT2D eigenvalue weighted by Gasteiger charge is -2.28. The molecule has 0 aliphatic carbocycles. The van der Waals surface area contributed by atoms with Gasteiger partial charge in [0.05, 0.1) is 26.7 Å². The van der Waals surface area contributed by atoms with E-state index in [1.807, 2.05) is 0 Å². The molecule has 0 radical (unpaired) electrons. The summed E-state index contributed by atoms with van der Waals surface area (Å²) in [5.41, 5.74) is 0. The second kappa shape index (κ2) is 8.32. The SMILES string of the molecule is CCCC[N+]1(C)CCCC1.N#C[BH2-]C#N. The lowest BCUT2D eigenvalue weighted by molar-refractivity contribution is -0.897. The van der Waals surface area contributed by atoms with Crippen molar-refractivity contribution in [1.29, 1.82) is 10.5 Å². The Hall–Kier alpha value is -0.995. The van der Waals surface area contributed by atoms with E-state index < -0.39 is 7.28 Å². The molecule has 0 unspecified atom stereocenters. The summed E-state index contributed by atoms with van der Waals surface area (Å²) in [5, 5.41) is 15.3. The van der Waals surface area contributed by atoms with Crippen molar-refractivity contribution >= 4 is 7.28 Å². The maximum atomic E-state index is 7.65. The molecule has 84 valence electrons. The van der Waals surface area contributed by atoms with Crippen LogP contribution in [0.1, 0.15) is 32.6 Å². The summed E-state index contributed by atoms with van der Waals surface area (Å²) in [6.07, 6.45) is 5.69. The van der Waals surface area contributed by atoms with E-state index in [4.69, 9.17) is 10.5 Å². The summed E-state index contributed by atoms with van der Waals surface area (Å²) in [5.74, 6) is 3.56. The van der Waals surface area contributed by atoms with E-state index in [9.17, 15) is 0 Å². The number of nitriles is 2. The first-order valence-corrected chi connectivity index (χ1v) is 6.05. The number of nitrogens with zero attached hydrogens (tertiary/aromatic N) is 3. The van der Waals surface area contributed by atoms with Crippen LogP contribution >= 0.6 is 0 Å². The number of likely N-dealkylation sites (tertiary alicyclic amines) is 1. The Kier molecular flexibility index (Phi) is 7.77. The lowest BCUT2D eigenvalue weighted by atomic mass is 9.85. The fourth-order valence-corrected chi connectivity index (χ4v) is 1.91. The highest BCUT2D eigenvalue weighted by molar-refractivity contribution is 6.53. The number of hydrogen-bond acceptors (Lipinski definition) is 2. The van der Waals surface area contributed by atoms with Crippen LogP contribution in [0.15, 0.2) is 0 Å². The molecular weight excluding hydrogens is 185 g/mol. The average molecular weight is 207 g/mol. The van der Waals surface area contributed by atoms with Gasteiger partial charge in [0.15, 0.2) is 7.28 Å². The van der Waals surface area contributed by atoms with Gasteiger partial charge in [0, 0.05) is 12.8 Å². The van der Waals surface area contributed by atoms with Gasteiger partial charge in [0.2, 0.25) is 0 Å². The Morgan fingerprint density at radius 3 is 2.07 bits per heavy atom. The highest BCUT2D eigenvalue weighted by atomic mass is 15.3. The van der Waals surface area contributed by atoms with Gasteiger partial charge in [-0.05, 0) is 6.42 Å². The second-order valence-corrected chi connectivity index (χ2v) is 4.55. The first kappa shape index (κ1) is 14.0. The molecule has 0 spiro atoms. The molecule has 1 aliphatic rings. The van der Waals surface area contributed by atoms with Crippen LogP contribution < -0.4 is 0 Å². The molecule has 1 saturated heterocycles. The number of quaternary nitrogens is 1. The summed E-state index contributed by atoms with van der Waals surface area (Å²) in [6, 6.07) is 0. The van der Waals surface area contributed by atoms with Crippen molar-refractivity contribution in [2.75, 3.05) is 26.7 Å². The van der Waals surface area contributed by atoms with Crippen molar-refractivity contribution in [1.82, 2.24) is 0 Å². The standard InChI is InChI=1S/C9H20N.C2H2BN2/c1-3-4-7-10(2)8-5-6-9-10;4-1-3-2-5/h3-9H2,1-2H3;3H2/q+1;-1. The molecule has 3 nitrogen and oxygen atoms in total. The summed E-state index contributed by atoms with van der Waals surface area (Å²) < 4.78 is 1.36. The van der Waals surface area contributed by atoms with E-state index in [-0.39, 0.29) is 0 Å². The summed E-state index contributed by atoms with van der Waals surface area (Å²) >= 11 is 0. The van der Waals surface area contributed by atoms with Crippen LogP contribution in [0, 0.1) is 22.5 Å². The molecular formula is C11H22BN3. The highest BCUT2D eigenvalue weighted by Gasteiger charge is 2.25. The molecule has 1 rings (SSSR count). The van der Waals surface area contributed by atoms with E-state index >= 15 is 0 Å². The third kappa shape index (κ3) is 7.00. The lowest BCUT2D eigenvalue weighted by Crippen LogP contribution is -2.41. The Labute approximate surface area is 94.1 Å². The molecule has 1 fully saturated rings. The van der Waals surface area contributed by atoms with Crippen LogP contribution in [0.3, 0.4) is 0 Å². The van der Waals surface area contributed by atoms with Gasteiger partial charge >= 0.3 is 0 Å². The zero-order valence-corrected chi connectivity index (χ0v) is 10.3. The first-order valence-electron chi connectivity index (χ1n) is 6.05. The predicted octanol–water partition coefficient (Wildman–Crippen LogP) is 1.14. The minimum absolute atomic E-state index is 0.861. The minimum Gasteiger partial charge on any atom is -0.326 e. The van der Waals surface area contributed by atoms with E-state index in [0.29, 0.717) is 0 Å². The van der Waals surface area contributed by atoms with Crippen LogP contribution in [0.2, 0.25) is 0 Å². The maximum absolute atomic E-state index is 7.65. The van der Waals surface area contributed by atoms with Crippen molar-refractivity contribution in [3.8, 4) is 11.9 Å². The van der Waals surface area contributed by atoms with Crippen molar-refractivity contribution < 1.29 is 4.48 Å². The van der Waals surface area contributed by atoms with E-state index in [1.54, 1.807) is 11.9 Å². The molecule has 0 aromatic rings. The van der Waals surface area contributed by atoms with Gasteiger partial charge in [-0.3, -0.25) is 0 Å². The number of unbranched alkanes of at least 4 members (excludes halogenated alkanes) is 1. The maximum Gasteiger partial charge on any atom is 0.179 e. The minimum atomic E-state index is -0.861. The normalized spacial score (nSPS) is 17.1. The predicted molar refractivity (Wildman–Crippen MR) is 64.7 cm³/mol. The molecule has 0 saturated carbocycles. The Bertz CT molecular complexity index is 221. The third-order valence-corrected chi connectivity index (χ3v) is 2.92. The molecule has 4 heteroatoms. The summed E-state index contributed by atoms with van der Waals surface area (Å²) in [7, 11) is 1.54. The molecule has 1 aliphatic heterocycles. The molecule has 0 aromatic heterocycles. The van der Waals surface area contributed by atoms with Crippen LogP contribution in [0.25, 0.3) is 0 Å². The summed E-state index contributed by atoms with van der Waals surface area (Å²) in [4.78, 5) is 0. The molecule has 0 atom stereocenters. The Morgan fingerprint density at radius 2 is 1.73 bits per heavy atom. The van der Waals surface area contributed by atoms with Crippen molar-refractivity contribution in [3.63, 3.8) is 0 Å². The molecule has 0 N–H and O–H groups in total. The van der Waals surface area contributed by atoms with Gasteiger partial charge in [0.25, 0.3) is 0 Å². The quantitative estimate of drug-likeness (QED) is 0.514. The largest absolute Gasteiger partial charge is 0.326 e. The Balaban J connectivity index is 0.000000336. The first-order chi connectivity index (χ1) is 7.18. The van der Waals surface area contributed by atoms with Crippen LogP contribution in [-0.2, 0) is 0 Å². The van der Waals surface area contributed by atoms with Gasteiger partial charge in [-0.1, -0.05) is 13.3 Å². The van der Waals surface area contributed by atoms with Gasteiger partial charge in [0.1, 0.15) is 0 Å².